The minimum Gasteiger partial charge on any atom is -0.478 e. The van der Waals surface area contributed by atoms with Crippen LogP contribution in [0.1, 0.15) is 49.9 Å². The molecule has 1 aliphatic carbocycles. The number of nitrogen functional groups attached to an aromatic ring is 1. The van der Waals surface area contributed by atoms with Gasteiger partial charge in [0.05, 0.1) is 16.9 Å². The van der Waals surface area contributed by atoms with E-state index in [2.05, 4.69) is 19.2 Å². The number of nitrogens with one attached hydrogen (secondary N) is 1. The van der Waals surface area contributed by atoms with Crippen LogP contribution in [-0.4, -0.2) is 17.1 Å². The number of hydrogen-bond donors (Lipinski definition) is 3. The third-order valence-corrected chi connectivity index (χ3v) is 4.01. The summed E-state index contributed by atoms with van der Waals surface area (Å²) in [5.41, 5.74) is 7.63. The molecule has 0 heterocycles. The number of para-hydroxylation sites is 1. The Morgan fingerprint density at radius 1 is 1.37 bits per heavy atom. The standard InChI is InChI=1S/C15H22N2O2/c1-15(2)8-6-10(7-9-15)17-13-11(14(18)19)4-3-5-12(13)16/h3-5,10,17H,6-9,16H2,1-2H3,(H,18,19). The average molecular weight is 262 g/mol. The van der Waals surface area contributed by atoms with Gasteiger partial charge in [0.2, 0.25) is 0 Å². The molecule has 0 unspecified atom stereocenters. The molecular weight excluding hydrogens is 240 g/mol. The third-order valence-electron chi connectivity index (χ3n) is 4.01. The van der Waals surface area contributed by atoms with Gasteiger partial charge in [-0.2, -0.15) is 0 Å². The molecule has 1 aliphatic rings. The van der Waals surface area contributed by atoms with E-state index < -0.39 is 5.97 Å². The van der Waals surface area contributed by atoms with Crippen molar-refractivity contribution in [3.05, 3.63) is 23.8 Å². The Morgan fingerprint density at radius 2 is 2.00 bits per heavy atom. The lowest BCUT2D eigenvalue weighted by Gasteiger charge is -2.35. The number of nitrogens with two attached hydrogens (primary N) is 1. The first-order valence-electron chi connectivity index (χ1n) is 6.77. The first-order valence-corrected chi connectivity index (χ1v) is 6.77. The van der Waals surface area contributed by atoms with Gasteiger partial charge < -0.3 is 16.2 Å². The first-order chi connectivity index (χ1) is 8.89. The lowest BCUT2D eigenvalue weighted by Crippen LogP contribution is -2.30. The molecule has 4 N–H and O–H groups in total. The van der Waals surface area contributed by atoms with Crippen LogP contribution in [0.3, 0.4) is 0 Å². The zero-order valence-electron chi connectivity index (χ0n) is 11.6. The molecule has 104 valence electrons. The van der Waals surface area contributed by atoms with Crippen molar-refractivity contribution in [2.75, 3.05) is 11.1 Å². The molecule has 0 amide bonds. The Hall–Kier alpha value is -1.71. The molecule has 1 fully saturated rings. The molecule has 1 saturated carbocycles. The highest BCUT2D eigenvalue weighted by Crippen LogP contribution is 2.37. The summed E-state index contributed by atoms with van der Waals surface area (Å²) in [7, 11) is 0. The van der Waals surface area contributed by atoms with Gasteiger partial charge in [0.15, 0.2) is 0 Å². The van der Waals surface area contributed by atoms with Crippen molar-refractivity contribution in [3.63, 3.8) is 0 Å². The van der Waals surface area contributed by atoms with E-state index in [0.29, 0.717) is 22.8 Å². The van der Waals surface area contributed by atoms with Crippen LogP contribution in [0.15, 0.2) is 18.2 Å². The maximum Gasteiger partial charge on any atom is 0.337 e. The molecular formula is C15H22N2O2. The number of aromatic carboxylic acids is 1. The van der Waals surface area contributed by atoms with Crippen molar-refractivity contribution in [2.45, 2.75) is 45.6 Å². The number of carboxylic acids is 1. The summed E-state index contributed by atoms with van der Waals surface area (Å²) in [6, 6.07) is 5.32. The first kappa shape index (κ1) is 13.7. The molecule has 19 heavy (non-hydrogen) atoms. The van der Waals surface area contributed by atoms with Crippen molar-refractivity contribution >= 4 is 17.3 Å². The molecule has 0 spiro atoms. The molecule has 0 atom stereocenters. The smallest absolute Gasteiger partial charge is 0.337 e. The predicted octanol–water partition coefficient (Wildman–Crippen LogP) is 3.35. The van der Waals surface area contributed by atoms with E-state index in [4.69, 9.17) is 5.73 Å². The monoisotopic (exact) mass is 262 g/mol. The number of carbonyl (C=O) groups is 1. The lowest BCUT2D eigenvalue weighted by molar-refractivity contribution is 0.0698. The SMILES string of the molecule is CC1(C)CCC(Nc2c(N)cccc2C(=O)O)CC1. The molecule has 4 heteroatoms. The third kappa shape index (κ3) is 3.19. The van der Waals surface area contributed by atoms with E-state index in [0.717, 1.165) is 25.7 Å². The molecule has 0 bridgehead atoms. The van der Waals surface area contributed by atoms with Crippen LogP contribution in [0.5, 0.6) is 0 Å². The highest BCUT2D eigenvalue weighted by molar-refractivity contribution is 5.97. The molecule has 0 aliphatic heterocycles. The van der Waals surface area contributed by atoms with Crippen molar-refractivity contribution in [3.8, 4) is 0 Å². The Balaban J connectivity index is 2.14. The molecule has 0 saturated heterocycles. The minimum atomic E-state index is -0.939. The van der Waals surface area contributed by atoms with E-state index in [9.17, 15) is 9.90 Å². The Labute approximate surface area is 114 Å². The summed E-state index contributed by atoms with van der Waals surface area (Å²) in [4.78, 5) is 11.2. The van der Waals surface area contributed by atoms with Gasteiger partial charge in [-0.15, -0.1) is 0 Å². The second kappa shape index (κ2) is 5.11. The van der Waals surface area contributed by atoms with Gasteiger partial charge in [-0.3, -0.25) is 0 Å². The topological polar surface area (TPSA) is 75.3 Å². The van der Waals surface area contributed by atoms with Crippen LogP contribution in [0.25, 0.3) is 0 Å². The molecule has 1 aromatic rings. The summed E-state index contributed by atoms with van der Waals surface area (Å²) in [5, 5.41) is 12.5. The van der Waals surface area contributed by atoms with Gasteiger partial charge in [-0.1, -0.05) is 19.9 Å². The highest BCUT2D eigenvalue weighted by atomic mass is 16.4. The van der Waals surface area contributed by atoms with Crippen LogP contribution in [0.4, 0.5) is 11.4 Å². The Kier molecular flexibility index (Phi) is 3.69. The maximum atomic E-state index is 11.2. The predicted molar refractivity (Wildman–Crippen MR) is 77.5 cm³/mol. The summed E-state index contributed by atoms with van der Waals surface area (Å²) in [6.07, 6.45) is 4.42. The van der Waals surface area contributed by atoms with E-state index in [-0.39, 0.29) is 5.56 Å². The van der Waals surface area contributed by atoms with Gasteiger partial charge >= 0.3 is 5.97 Å². The van der Waals surface area contributed by atoms with Crippen LogP contribution in [-0.2, 0) is 0 Å². The van der Waals surface area contributed by atoms with E-state index in [1.807, 2.05) is 0 Å². The quantitative estimate of drug-likeness (QED) is 0.730. The van der Waals surface area contributed by atoms with Gasteiger partial charge in [0.25, 0.3) is 0 Å². The normalized spacial score (nSPS) is 19.1. The van der Waals surface area contributed by atoms with Crippen LogP contribution < -0.4 is 11.1 Å². The fourth-order valence-corrected chi connectivity index (χ4v) is 2.66. The molecule has 4 nitrogen and oxygen atoms in total. The number of carboxylic acid groups (broad SMARTS) is 1. The maximum absolute atomic E-state index is 11.2. The molecule has 0 radical (unpaired) electrons. The van der Waals surface area contributed by atoms with Crippen LogP contribution in [0, 0.1) is 5.41 Å². The highest BCUT2D eigenvalue weighted by Gasteiger charge is 2.27. The van der Waals surface area contributed by atoms with E-state index >= 15 is 0 Å². The van der Waals surface area contributed by atoms with Crippen molar-refractivity contribution < 1.29 is 9.90 Å². The van der Waals surface area contributed by atoms with Gasteiger partial charge in [-0.05, 0) is 43.2 Å². The van der Waals surface area contributed by atoms with Crippen LogP contribution in [0.2, 0.25) is 0 Å². The minimum absolute atomic E-state index is 0.254. The van der Waals surface area contributed by atoms with Gasteiger partial charge in [0.1, 0.15) is 0 Å². The summed E-state index contributed by atoms with van der Waals surface area (Å²) in [6.45, 7) is 4.56. The van der Waals surface area contributed by atoms with E-state index in [1.54, 1.807) is 18.2 Å². The van der Waals surface area contributed by atoms with Crippen LogP contribution >= 0.6 is 0 Å². The lowest BCUT2D eigenvalue weighted by atomic mass is 9.75. The fraction of sp³-hybridized carbons (Fsp3) is 0.533. The molecule has 1 aromatic carbocycles. The second-order valence-electron chi connectivity index (χ2n) is 6.16. The number of benzene rings is 1. The van der Waals surface area contributed by atoms with E-state index in [1.165, 1.54) is 0 Å². The number of rotatable bonds is 3. The van der Waals surface area contributed by atoms with Gasteiger partial charge in [0, 0.05) is 6.04 Å². The zero-order valence-corrected chi connectivity index (χ0v) is 11.6. The molecule has 2 rings (SSSR count). The van der Waals surface area contributed by atoms with Crippen molar-refractivity contribution in [2.24, 2.45) is 5.41 Å². The van der Waals surface area contributed by atoms with Crippen molar-refractivity contribution in [1.29, 1.82) is 0 Å². The number of anilines is 2. The summed E-state index contributed by atoms with van der Waals surface area (Å²) >= 11 is 0. The fourth-order valence-electron chi connectivity index (χ4n) is 2.66. The Morgan fingerprint density at radius 3 is 2.58 bits per heavy atom. The van der Waals surface area contributed by atoms with Gasteiger partial charge in [-0.25, -0.2) is 4.79 Å². The summed E-state index contributed by atoms with van der Waals surface area (Å²) < 4.78 is 0. The second-order valence-corrected chi connectivity index (χ2v) is 6.16. The average Bonchev–Trinajstić information content (AvgIpc) is 2.33. The summed E-state index contributed by atoms with van der Waals surface area (Å²) in [5.74, 6) is -0.939. The van der Waals surface area contributed by atoms with Crippen molar-refractivity contribution in [1.82, 2.24) is 0 Å². The zero-order chi connectivity index (χ0) is 14.0. The largest absolute Gasteiger partial charge is 0.478 e. The Bertz CT molecular complexity index is 473. The number of hydrogen-bond acceptors (Lipinski definition) is 3. The molecule has 0 aromatic heterocycles.